The van der Waals surface area contributed by atoms with Crippen LogP contribution in [0.25, 0.3) is 0 Å². The van der Waals surface area contributed by atoms with Gasteiger partial charge in [0.1, 0.15) is 12.3 Å². The first-order chi connectivity index (χ1) is 7.04. The van der Waals surface area contributed by atoms with E-state index in [-0.39, 0.29) is 18.5 Å². The van der Waals surface area contributed by atoms with Gasteiger partial charge in [0.25, 0.3) is 0 Å². The minimum absolute atomic E-state index is 0.00819. The molecule has 4 nitrogen and oxygen atoms in total. The molecule has 1 aromatic rings. The van der Waals surface area contributed by atoms with Gasteiger partial charge in [-0.1, -0.05) is 0 Å². The van der Waals surface area contributed by atoms with Gasteiger partial charge in [-0.05, 0) is 33.8 Å². The second-order valence-electron chi connectivity index (χ2n) is 3.77. The Hall–Kier alpha value is -1.16. The number of aromatic nitrogens is 2. The highest BCUT2D eigenvalue weighted by Crippen LogP contribution is 2.05. The molecular weight excluding hydrogens is 192 g/mol. The van der Waals surface area contributed by atoms with E-state index < -0.39 is 0 Å². The van der Waals surface area contributed by atoms with E-state index in [0.29, 0.717) is 12.2 Å². The van der Waals surface area contributed by atoms with E-state index in [9.17, 15) is 4.79 Å². The lowest BCUT2D eigenvalue weighted by Gasteiger charge is -2.07. The minimum atomic E-state index is -0.00819. The van der Waals surface area contributed by atoms with E-state index in [1.807, 2.05) is 27.7 Å². The Labute approximate surface area is 90.2 Å². The van der Waals surface area contributed by atoms with Gasteiger partial charge in [-0.15, -0.1) is 0 Å². The molecule has 0 N–H and O–H groups in total. The molecule has 1 rings (SSSR count). The normalized spacial score (nSPS) is 11.0. The van der Waals surface area contributed by atoms with Gasteiger partial charge in [-0.25, -0.2) is 0 Å². The molecule has 0 bridgehead atoms. The van der Waals surface area contributed by atoms with E-state index in [4.69, 9.17) is 4.74 Å². The zero-order valence-electron chi connectivity index (χ0n) is 9.78. The first-order valence-corrected chi connectivity index (χ1v) is 5.23. The summed E-state index contributed by atoms with van der Waals surface area (Å²) in [7, 11) is 0. The Morgan fingerprint density at radius 3 is 2.80 bits per heavy atom. The van der Waals surface area contributed by atoms with Gasteiger partial charge in [0.05, 0.1) is 11.8 Å². The second kappa shape index (κ2) is 5.07. The number of ether oxygens (including phenoxy) is 1. The van der Waals surface area contributed by atoms with Crippen LogP contribution in [0.15, 0.2) is 6.07 Å². The van der Waals surface area contributed by atoms with Crippen LogP contribution in [0.5, 0.6) is 0 Å². The largest absolute Gasteiger partial charge is 0.371 e. The van der Waals surface area contributed by atoms with Gasteiger partial charge in [-0.2, -0.15) is 5.10 Å². The maximum atomic E-state index is 11.8. The number of hydrogen-bond donors (Lipinski definition) is 0. The van der Waals surface area contributed by atoms with Gasteiger partial charge in [-0.3, -0.25) is 9.48 Å². The molecule has 0 aromatic carbocycles. The van der Waals surface area contributed by atoms with Crippen LogP contribution in [0.2, 0.25) is 0 Å². The molecule has 4 heteroatoms. The highest BCUT2D eigenvalue weighted by Gasteiger charge is 2.13. The molecule has 0 amide bonds. The molecule has 0 saturated carbocycles. The summed E-state index contributed by atoms with van der Waals surface area (Å²) in [5, 5.41) is 4.22. The van der Waals surface area contributed by atoms with Gasteiger partial charge in [0.2, 0.25) is 5.78 Å². The molecule has 1 aromatic heterocycles. The smallest absolute Gasteiger partial charge is 0.206 e. The van der Waals surface area contributed by atoms with E-state index in [2.05, 4.69) is 5.10 Å². The van der Waals surface area contributed by atoms with Crippen LogP contribution in [0.4, 0.5) is 0 Å². The molecule has 0 radical (unpaired) electrons. The molecule has 0 saturated heterocycles. The van der Waals surface area contributed by atoms with Gasteiger partial charge in [0, 0.05) is 6.54 Å². The molecule has 0 spiro atoms. The molecule has 0 atom stereocenters. The molecular formula is C11H18N2O2. The fourth-order valence-electron chi connectivity index (χ4n) is 1.33. The molecule has 1 heterocycles. The van der Waals surface area contributed by atoms with E-state index in [1.54, 1.807) is 10.7 Å². The number of carbonyl (C=O) groups excluding carboxylic acids is 1. The van der Waals surface area contributed by atoms with Gasteiger partial charge in [0.15, 0.2) is 0 Å². The van der Waals surface area contributed by atoms with Crippen LogP contribution in [-0.4, -0.2) is 28.3 Å². The van der Waals surface area contributed by atoms with Crippen molar-refractivity contribution < 1.29 is 9.53 Å². The molecule has 0 fully saturated rings. The van der Waals surface area contributed by atoms with Crippen molar-refractivity contribution in [1.29, 1.82) is 0 Å². The highest BCUT2D eigenvalue weighted by atomic mass is 16.5. The van der Waals surface area contributed by atoms with E-state index >= 15 is 0 Å². The van der Waals surface area contributed by atoms with E-state index in [0.717, 1.165) is 5.69 Å². The number of rotatable bonds is 5. The Morgan fingerprint density at radius 1 is 1.60 bits per heavy atom. The number of aryl methyl sites for hydroxylation is 2. The Bertz CT molecular complexity index is 342. The second-order valence-corrected chi connectivity index (χ2v) is 3.77. The van der Waals surface area contributed by atoms with Crippen molar-refractivity contribution in [3.05, 3.63) is 17.5 Å². The average molecular weight is 210 g/mol. The van der Waals surface area contributed by atoms with Crippen molar-refractivity contribution in [3.63, 3.8) is 0 Å². The minimum Gasteiger partial charge on any atom is -0.371 e. The molecule has 15 heavy (non-hydrogen) atoms. The zero-order chi connectivity index (χ0) is 11.4. The predicted octanol–water partition coefficient (Wildman–Crippen LogP) is 1.82. The van der Waals surface area contributed by atoms with Crippen LogP contribution in [-0.2, 0) is 11.3 Å². The SMILES string of the molecule is CCn1nc(C)cc1C(=O)COC(C)C. The molecule has 0 aliphatic rings. The maximum absolute atomic E-state index is 11.8. The molecule has 84 valence electrons. The standard InChI is InChI=1S/C11H18N2O2/c1-5-13-10(6-9(4)12-13)11(14)7-15-8(2)3/h6,8H,5,7H2,1-4H3. The Kier molecular flexibility index (Phi) is 4.03. The summed E-state index contributed by atoms with van der Waals surface area (Å²) in [5.74, 6) is -0.00819. The number of ketones is 1. The monoisotopic (exact) mass is 210 g/mol. The fraction of sp³-hybridized carbons (Fsp3) is 0.636. The first-order valence-electron chi connectivity index (χ1n) is 5.23. The lowest BCUT2D eigenvalue weighted by molar-refractivity contribution is 0.0576. The fourth-order valence-corrected chi connectivity index (χ4v) is 1.33. The zero-order valence-corrected chi connectivity index (χ0v) is 9.78. The predicted molar refractivity (Wildman–Crippen MR) is 58.1 cm³/mol. The highest BCUT2D eigenvalue weighted by molar-refractivity contribution is 5.95. The van der Waals surface area contributed by atoms with Crippen molar-refractivity contribution in [3.8, 4) is 0 Å². The quantitative estimate of drug-likeness (QED) is 0.696. The summed E-state index contributed by atoms with van der Waals surface area (Å²) in [6, 6.07) is 1.80. The molecule has 0 aliphatic carbocycles. The van der Waals surface area contributed by atoms with Gasteiger partial charge < -0.3 is 4.74 Å². The number of Topliss-reactive ketones (excluding diaryl/α,β-unsaturated/α-hetero) is 1. The summed E-state index contributed by atoms with van der Waals surface area (Å²) < 4.78 is 6.99. The van der Waals surface area contributed by atoms with Crippen LogP contribution in [0.3, 0.4) is 0 Å². The lowest BCUT2D eigenvalue weighted by Crippen LogP contribution is -2.17. The number of hydrogen-bond acceptors (Lipinski definition) is 3. The first kappa shape index (κ1) is 11.9. The van der Waals surface area contributed by atoms with Gasteiger partial charge >= 0.3 is 0 Å². The third-order valence-electron chi connectivity index (χ3n) is 2.04. The number of nitrogens with zero attached hydrogens (tertiary/aromatic N) is 2. The topological polar surface area (TPSA) is 44.1 Å². The van der Waals surface area contributed by atoms with E-state index in [1.165, 1.54) is 0 Å². The van der Waals surface area contributed by atoms with Crippen LogP contribution in [0.1, 0.15) is 37.0 Å². The van der Waals surface area contributed by atoms with Crippen molar-refractivity contribution >= 4 is 5.78 Å². The Morgan fingerprint density at radius 2 is 2.27 bits per heavy atom. The third kappa shape index (κ3) is 3.16. The third-order valence-corrected chi connectivity index (χ3v) is 2.04. The van der Waals surface area contributed by atoms with Crippen molar-refractivity contribution in [2.45, 2.75) is 40.3 Å². The molecule has 0 aliphatic heterocycles. The summed E-state index contributed by atoms with van der Waals surface area (Å²) in [6.45, 7) is 8.50. The van der Waals surface area contributed by atoms with Crippen molar-refractivity contribution in [1.82, 2.24) is 9.78 Å². The summed E-state index contributed by atoms with van der Waals surface area (Å²) in [4.78, 5) is 11.8. The summed E-state index contributed by atoms with van der Waals surface area (Å²) in [5.41, 5.74) is 1.50. The summed E-state index contributed by atoms with van der Waals surface area (Å²) >= 11 is 0. The van der Waals surface area contributed by atoms with Crippen LogP contribution >= 0.6 is 0 Å². The average Bonchev–Trinajstić information content (AvgIpc) is 2.56. The summed E-state index contributed by atoms with van der Waals surface area (Å²) in [6.07, 6.45) is 0.0769. The van der Waals surface area contributed by atoms with Crippen LogP contribution < -0.4 is 0 Å². The van der Waals surface area contributed by atoms with Crippen molar-refractivity contribution in [2.75, 3.05) is 6.61 Å². The number of carbonyl (C=O) groups is 1. The lowest BCUT2D eigenvalue weighted by atomic mass is 10.2. The Balaban J connectivity index is 2.72. The molecule has 0 unspecified atom stereocenters. The van der Waals surface area contributed by atoms with Crippen LogP contribution in [0, 0.1) is 6.92 Å². The maximum Gasteiger partial charge on any atom is 0.206 e. The van der Waals surface area contributed by atoms with Crippen molar-refractivity contribution in [2.24, 2.45) is 0 Å².